The van der Waals surface area contributed by atoms with Crippen molar-refractivity contribution in [3.63, 3.8) is 0 Å². The van der Waals surface area contributed by atoms with Crippen LogP contribution in [0.15, 0.2) is 218 Å². The summed E-state index contributed by atoms with van der Waals surface area (Å²) in [7, 11) is 0. The van der Waals surface area contributed by atoms with Crippen LogP contribution < -0.4 is 9.64 Å². The van der Waals surface area contributed by atoms with Crippen molar-refractivity contribution in [2.24, 2.45) is 0 Å². The minimum atomic E-state index is 0.734. The molecule has 0 radical (unpaired) electrons. The number of rotatable bonds is 6. The van der Waals surface area contributed by atoms with Crippen molar-refractivity contribution in [2.75, 3.05) is 11.4 Å². The number of para-hydroxylation sites is 5. The van der Waals surface area contributed by atoms with Crippen LogP contribution in [0, 0.1) is 0 Å². The average molecular weight is 746 g/mol. The lowest BCUT2D eigenvalue weighted by Crippen LogP contribution is -2.18. The first-order valence-corrected chi connectivity index (χ1v) is 19.9. The molecule has 0 aliphatic carbocycles. The number of fused-ring (bicyclic) bond motifs is 7. The second-order valence-electron chi connectivity index (χ2n) is 14.9. The highest BCUT2D eigenvalue weighted by Crippen LogP contribution is 2.38. The van der Waals surface area contributed by atoms with Gasteiger partial charge in [0.25, 0.3) is 0 Å². The van der Waals surface area contributed by atoms with Gasteiger partial charge in [-0.3, -0.25) is 0 Å². The highest BCUT2D eigenvalue weighted by molar-refractivity contribution is 6.11. The zero-order chi connectivity index (χ0) is 38.4. The summed E-state index contributed by atoms with van der Waals surface area (Å²) in [6, 6.07) is 69.6. The number of hydrogen-bond donors (Lipinski definition) is 0. The van der Waals surface area contributed by atoms with Gasteiger partial charge in [0, 0.05) is 50.8 Å². The van der Waals surface area contributed by atoms with E-state index in [2.05, 4.69) is 226 Å². The molecule has 0 fully saturated rings. The lowest BCUT2D eigenvalue weighted by atomic mass is 10.0. The molecule has 0 amide bonds. The molecule has 276 valence electrons. The molecule has 2 aromatic heterocycles. The summed E-state index contributed by atoms with van der Waals surface area (Å²) in [6.45, 7) is 0.734. The fourth-order valence-corrected chi connectivity index (χ4v) is 8.79. The van der Waals surface area contributed by atoms with Gasteiger partial charge < -0.3 is 18.8 Å². The molecule has 1 aliphatic heterocycles. The third-order valence-electron chi connectivity index (χ3n) is 11.4. The van der Waals surface area contributed by atoms with Crippen molar-refractivity contribution in [1.82, 2.24) is 9.13 Å². The molecule has 58 heavy (non-hydrogen) atoms. The molecule has 0 saturated heterocycles. The standard InChI is InChI=1S/C54H39N3O/c1-3-17-41(18-4-1)55-34-14-22-44(30-28-38-15-7-10-25-50(38)55)58-45-31-33-54-49(37-45)47-24-9-12-27-52(47)57(54)43-21-13-16-39(35-43)40-29-32-53-48(36-40)46-23-8-11-26-51(46)56(53)42-19-5-2-6-20-42/h1-27,29-33,35-37H,28,34H2/b22-14-,44-30+. The van der Waals surface area contributed by atoms with E-state index in [1.165, 1.54) is 55.3 Å². The molecule has 0 atom stereocenters. The maximum absolute atomic E-state index is 6.69. The molecular weight excluding hydrogens is 707 g/mol. The maximum Gasteiger partial charge on any atom is 0.128 e. The van der Waals surface area contributed by atoms with E-state index in [0.717, 1.165) is 52.3 Å². The molecule has 3 heterocycles. The van der Waals surface area contributed by atoms with Crippen LogP contribution in [0.1, 0.15) is 5.56 Å². The second kappa shape index (κ2) is 14.2. The molecule has 8 aromatic carbocycles. The normalized spacial score (nSPS) is 14.5. The summed E-state index contributed by atoms with van der Waals surface area (Å²) in [4.78, 5) is 2.36. The van der Waals surface area contributed by atoms with Crippen LogP contribution in [0.4, 0.5) is 11.4 Å². The third kappa shape index (κ3) is 5.86. The lowest BCUT2D eigenvalue weighted by Gasteiger charge is -2.25. The first-order valence-electron chi connectivity index (χ1n) is 19.9. The largest absolute Gasteiger partial charge is 0.458 e. The quantitative estimate of drug-likeness (QED) is 0.169. The summed E-state index contributed by atoms with van der Waals surface area (Å²) in [6.07, 6.45) is 7.26. The number of aromatic nitrogens is 2. The van der Waals surface area contributed by atoms with E-state index in [-0.39, 0.29) is 0 Å². The number of anilines is 2. The molecule has 11 rings (SSSR count). The summed E-state index contributed by atoms with van der Waals surface area (Å²) in [5, 5.41) is 4.84. The van der Waals surface area contributed by atoms with Gasteiger partial charge in [0.15, 0.2) is 0 Å². The Morgan fingerprint density at radius 1 is 0.414 bits per heavy atom. The van der Waals surface area contributed by atoms with Crippen molar-refractivity contribution < 1.29 is 4.74 Å². The molecule has 4 nitrogen and oxygen atoms in total. The van der Waals surface area contributed by atoms with E-state index in [1.54, 1.807) is 0 Å². The van der Waals surface area contributed by atoms with Crippen LogP contribution in [0.5, 0.6) is 5.75 Å². The average Bonchev–Trinajstić information content (AvgIpc) is 3.82. The lowest BCUT2D eigenvalue weighted by molar-refractivity contribution is 0.443. The van der Waals surface area contributed by atoms with E-state index in [9.17, 15) is 0 Å². The molecule has 10 aromatic rings. The van der Waals surface area contributed by atoms with E-state index in [0.29, 0.717) is 0 Å². The monoisotopic (exact) mass is 745 g/mol. The molecule has 1 aliphatic rings. The first-order chi connectivity index (χ1) is 28.8. The molecule has 0 bridgehead atoms. The topological polar surface area (TPSA) is 22.3 Å². The molecule has 0 unspecified atom stereocenters. The Bertz CT molecular complexity index is 3210. The second-order valence-corrected chi connectivity index (χ2v) is 14.9. The van der Waals surface area contributed by atoms with Crippen molar-refractivity contribution in [2.45, 2.75) is 6.42 Å². The van der Waals surface area contributed by atoms with E-state index < -0.39 is 0 Å². The van der Waals surface area contributed by atoms with Gasteiger partial charge in [0.1, 0.15) is 11.5 Å². The van der Waals surface area contributed by atoms with Crippen molar-refractivity contribution in [1.29, 1.82) is 0 Å². The minimum absolute atomic E-state index is 0.734. The zero-order valence-corrected chi connectivity index (χ0v) is 31.9. The van der Waals surface area contributed by atoms with Gasteiger partial charge in [-0.2, -0.15) is 0 Å². The van der Waals surface area contributed by atoms with Crippen molar-refractivity contribution >= 4 is 55.0 Å². The van der Waals surface area contributed by atoms with Crippen LogP contribution in [0.2, 0.25) is 0 Å². The Hall–Kier alpha value is -7.56. The van der Waals surface area contributed by atoms with Gasteiger partial charge >= 0.3 is 0 Å². The third-order valence-corrected chi connectivity index (χ3v) is 11.4. The summed E-state index contributed by atoms with van der Waals surface area (Å²) in [5.74, 6) is 1.65. The van der Waals surface area contributed by atoms with Gasteiger partial charge in [-0.25, -0.2) is 0 Å². The molecule has 0 saturated carbocycles. The Labute approximate surface area is 337 Å². The van der Waals surface area contributed by atoms with Gasteiger partial charge in [-0.1, -0.05) is 115 Å². The van der Waals surface area contributed by atoms with Gasteiger partial charge in [0.2, 0.25) is 0 Å². The fourth-order valence-electron chi connectivity index (χ4n) is 8.79. The number of nitrogens with zero attached hydrogens (tertiary/aromatic N) is 3. The molecule has 0 spiro atoms. The van der Waals surface area contributed by atoms with E-state index >= 15 is 0 Å². The number of hydrogen-bond acceptors (Lipinski definition) is 2. The Morgan fingerprint density at radius 2 is 1.00 bits per heavy atom. The SMILES string of the molecule is C1=C\C(Oc2ccc3c(c2)c2ccccc2n3-c2cccc(-c3ccc4c(c3)c3ccccc3n4-c3ccccc3)c2)=C/Cc2ccccc2N(c2ccccc2)C/1. The van der Waals surface area contributed by atoms with Crippen LogP contribution in [-0.2, 0) is 6.42 Å². The van der Waals surface area contributed by atoms with E-state index in [1.807, 2.05) is 0 Å². The predicted octanol–water partition coefficient (Wildman–Crippen LogP) is 13.8. The van der Waals surface area contributed by atoms with Crippen LogP contribution >= 0.6 is 0 Å². The zero-order valence-electron chi connectivity index (χ0n) is 31.9. The maximum atomic E-state index is 6.69. The first kappa shape index (κ1) is 33.8. The Morgan fingerprint density at radius 3 is 1.78 bits per heavy atom. The fraction of sp³-hybridized carbons (Fsp3) is 0.0370. The Kier molecular flexibility index (Phi) is 8.25. The molecular formula is C54H39N3O. The van der Waals surface area contributed by atoms with Crippen LogP contribution in [0.3, 0.4) is 0 Å². The highest BCUT2D eigenvalue weighted by Gasteiger charge is 2.17. The van der Waals surface area contributed by atoms with Crippen LogP contribution in [0.25, 0.3) is 66.1 Å². The van der Waals surface area contributed by atoms with Gasteiger partial charge in [-0.15, -0.1) is 0 Å². The number of benzene rings is 8. The van der Waals surface area contributed by atoms with Crippen LogP contribution in [-0.4, -0.2) is 15.7 Å². The summed E-state index contributed by atoms with van der Waals surface area (Å²) in [5.41, 5.74) is 13.0. The predicted molar refractivity (Wildman–Crippen MR) is 242 cm³/mol. The van der Waals surface area contributed by atoms with E-state index in [4.69, 9.17) is 4.74 Å². The highest BCUT2D eigenvalue weighted by atomic mass is 16.5. The molecule has 0 N–H and O–H groups in total. The smallest absolute Gasteiger partial charge is 0.128 e. The molecule has 4 heteroatoms. The Balaban J connectivity index is 0.954. The number of ether oxygens (including phenoxy) is 1. The van der Waals surface area contributed by atoms with Gasteiger partial charge in [0.05, 0.1) is 22.1 Å². The van der Waals surface area contributed by atoms with Crippen molar-refractivity contribution in [3.8, 4) is 28.3 Å². The summed E-state index contributed by atoms with van der Waals surface area (Å²) < 4.78 is 11.4. The van der Waals surface area contributed by atoms with Crippen molar-refractivity contribution in [3.05, 3.63) is 224 Å². The summed E-state index contributed by atoms with van der Waals surface area (Å²) >= 11 is 0. The number of allylic oxidation sites excluding steroid dienone is 2. The van der Waals surface area contributed by atoms with Gasteiger partial charge in [-0.05, 0) is 120 Å². The minimum Gasteiger partial charge on any atom is -0.458 e.